The third kappa shape index (κ3) is 8.63. The SMILES string of the molecule is [B]CC(=O)N(CC)CC(=O)C(C)(C)NCCN(CC(=O)C(C)(C)NC)C(=O)CN. The second kappa shape index (κ2) is 12.0. The van der Waals surface area contributed by atoms with Gasteiger partial charge in [-0.2, -0.15) is 0 Å². The van der Waals surface area contributed by atoms with E-state index in [-0.39, 0.29) is 62.4 Å². The van der Waals surface area contributed by atoms with Crippen LogP contribution < -0.4 is 16.4 Å². The van der Waals surface area contributed by atoms with Gasteiger partial charge in [-0.3, -0.25) is 19.2 Å². The third-order valence-electron chi connectivity index (χ3n) is 5.07. The highest BCUT2D eigenvalue weighted by Crippen LogP contribution is 2.08. The van der Waals surface area contributed by atoms with Crippen LogP contribution in [-0.2, 0) is 19.2 Å². The molecule has 0 aromatic carbocycles. The van der Waals surface area contributed by atoms with Gasteiger partial charge in [0, 0.05) is 19.6 Å². The molecule has 0 spiro atoms. The molecular formula is C19H36BN5O4. The summed E-state index contributed by atoms with van der Waals surface area (Å²) in [4.78, 5) is 51.7. The average molecular weight is 409 g/mol. The summed E-state index contributed by atoms with van der Waals surface area (Å²) >= 11 is 0. The Kier molecular flexibility index (Phi) is 11.3. The standard InChI is InChI=1S/C19H36BN5O4/c1-7-24(16(28)10-20)12-15(27)19(4,5)23-8-9-25(17(29)11-21)13-14(26)18(2,3)22-6/h22-23H,7-13,21H2,1-6H3. The summed E-state index contributed by atoms with van der Waals surface area (Å²) in [5.74, 6) is -0.954. The van der Waals surface area contributed by atoms with E-state index in [1.54, 1.807) is 41.7 Å². The van der Waals surface area contributed by atoms with Crippen LogP contribution >= 0.6 is 0 Å². The van der Waals surface area contributed by atoms with E-state index in [1.165, 1.54) is 9.80 Å². The minimum absolute atomic E-state index is 0.0488. The zero-order valence-electron chi connectivity index (χ0n) is 18.6. The molecule has 0 aliphatic carbocycles. The topological polar surface area (TPSA) is 125 Å². The second-order valence-electron chi connectivity index (χ2n) is 7.90. The Balaban J connectivity index is 4.93. The summed E-state index contributed by atoms with van der Waals surface area (Å²) in [6, 6.07) is 0. The Morgan fingerprint density at radius 3 is 1.90 bits per heavy atom. The van der Waals surface area contributed by atoms with Gasteiger partial charge in [0.15, 0.2) is 11.6 Å². The van der Waals surface area contributed by atoms with Gasteiger partial charge in [0.2, 0.25) is 11.8 Å². The lowest BCUT2D eigenvalue weighted by molar-refractivity contribution is -0.136. The van der Waals surface area contributed by atoms with Crippen LogP contribution in [0.3, 0.4) is 0 Å². The van der Waals surface area contributed by atoms with E-state index in [0.29, 0.717) is 6.54 Å². The van der Waals surface area contributed by atoms with Crippen molar-refractivity contribution in [1.82, 2.24) is 20.4 Å². The van der Waals surface area contributed by atoms with Gasteiger partial charge in [0.05, 0.1) is 38.6 Å². The van der Waals surface area contributed by atoms with E-state index in [4.69, 9.17) is 13.6 Å². The number of carbonyl (C=O) groups excluding carboxylic acids is 4. The molecule has 0 unspecified atom stereocenters. The number of carbonyl (C=O) groups is 4. The van der Waals surface area contributed by atoms with Crippen LogP contribution in [0.5, 0.6) is 0 Å². The fraction of sp³-hybridized carbons (Fsp3) is 0.789. The fourth-order valence-electron chi connectivity index (χ4n) is 2.41. The summed E-state index contributed by atoms with van der Waals surface area (Å²) in [5.41, 5.74) is 3.78. The van der Waals surface area contributed by atoms with Gasteiger partial charge in [-0.1, -0.05) is 0 Å². The van der Waals surface area contributed by atoms with Crippen molar-refractivity contribution >= 4 is 31.2 Å². The molecule has 0 aromatic heterocycles. The van der Waals surface area contributed by atoms with Crippen molar-refractivity contribution in [3.8, 4) is 0 Å². The second-order valence-corrected chi connectivity index (χ2v) is 7.90. The molecule has 2 radical (unpaired) electrons. The molecule has 0 bridgehead atoms. The van der Waals surface area contributed by atoms with Gasteiger partial charge in [-0.05, 0) is 48.0 Å². The van der Waals surface area contributed by atoms with Crippen LogP contribution in [0.4, 0.5) is 0 Å². The van der Waals surface area contributed by atoms with Crippen molar-refractivity contribution in [3.05, 3.63) is 0 Å². The normalized spacial score (nSPS) is 11.8. The van der Waals surface area contributed by atoms with Crippen molar-refractivity contribution < 1.29 is 19.2 Å². The molecule has 0 aliphatic heterocycles. The van der Waals surface area contributed by atoms with E-state index in [0.717, 1.165) is 0 Å². The highest BCUT2D eigenvalue weighted by atomic mass is 16.2. The van der Waals surface area contributed by atoms with E-state index in [9.17, 15) is 19.2 Å². The molecule has 2 amide bonds. The summed E-state index contributed by atoms with van der Waals surface area (Å²) in [6.45, 7) is 9.24. The summed E-state index contributed by atoms with van der Waals surface area (Å²) in [7, 11) is 7.05. The molecular weight excluding hydrogens is 373 g/mol. The third-order valence-corrected chi connectivity index (χ3v) is 5.07. The largest absolute Gasteiger partial charge is 0.336 e. The molecule has 164 valence electrons. The molecule has 10 heteroatoms. The Morgan fingerprint density at radius 1 is 0.931 bits per heavy atom. The quantitative estimate of drug-likeness (QED) is 0.305. The molecule has 9 nitrogen and oxygen atoms in total. The molecule has 0 heterocycles. The number of hydrogen-bond acceptors (Lipinski definition) is 7. The number of hydrogen-bond donors (Lipinski definition) is 3. The van der Waals surface area contributed by atoms with Gasteiger partial charge < -0.3 is 26.2 Å². The molecule has 0 rings (SSSR count). The fourth-order valence-corrected chi connectivity index (χ4v) is 2.41. The lowest BCUT2D eigenvalue weighted by Gasteiger charge is -2.31. The highest BCUT2D eigenvalue weighted by molar-refractivity contribution is 6.19. The Hall–Kier alpha value is -1.78. The van der Waals surface area contributed by atoms with E-state index < -0.39 is 11.1 Å². The number of nitrogens with two attached hydrogens (primary N) is 1. The predicted octanol–water partition coefficient (Wildman–Crippen LogP) is -1.29. The zero-order chi connectivity index (χ0) is 22.8. The average Bonchev–Trinajstić information content (AvgIpc) is 2.69. The number of Topliss-reactive ketones (excluding diaryl/α,β-unsaturated/α-hetero) is 2. The summed E-state index contributed by atoms with van der Waals surface area (Å²) < 4.78 is 0. The van der Waals surface area contributed by atoms with Crippen LogP contribution in [0.2, 0.25) is 6.32 Å². The van der Waals surface area contributed by atoms with Crippen molar-refractivity contribution in [2.45, 2.75) is 52.0 Å². The Labute approximate surface area is 175 Å². The Bertz CT molecular complexity index is 595. The maximum atomic E-state index is 12.6. The number of rotatable bonds is 14. The van der Waals surface area contributed by atoms with Crippen molar-refractivity contribution in [3.63, 3.8) is 0 Å². The molecule has 0 aromatic rings. The number of likely N-dealkylation sites (N-methyl/N-ethyl adjacent to an activating group) is 2. The molecule has 0 fully saturated rings. The van der Waals surface area contributed by atoms with Gasteiger partial charge in [0.1, 0.15) is 0 Å². The summed E-state index contributed by atoms with van der Waals surface area (Å²) in [6.07, 6.45) is -0.151. The van der Waals surface area contributed by atoms with Crippen LogP contribution in [0.25, 0.3) is 0 Å². The Morgan fingerprint density at radius 2 is 1.45 bits per heavy atom. The first-order valence-electron chi connectivity index (χ1n) is 9.82. The number of ketones is 2. The number of amides is 2. The maximum Gasteiger partial charge on any atom is 0.236 e. The number of nitrogens with one attached hydrogen (secondary N) is 2. The monoisotopic (exact) mass is 409 g/mol. The first-order chi connectivity index (χ1) is 13.4. The van der Waals surface area contributed by atoms with Gasteiger partial charge >= 0.3 is 0 Å². The van der Waals surface area contributed by atoms with E-state index >= 15 is 0 Å². The van der Waals surface area contributed by atoms with Crippen molar-refractivity contribution in [2.75, 3.05) is 46.3 Å². The first-order valence-corrected chi connectivity index (χ1v) is 9.82. The van der Waals surface area contributed by atoms with Crippen LogP contribution in [0.15, 0.2) is 0 Å². The highest BCUT2D eigenvalue weighted by Gasteiger charge is 2.31. The van der Waals surface area contributed by atoms with E-state index in [2.05, 4.69) is 10.6 Å². The minimum Gasteiger partial charge on any atom is -0.336 e. The van der Waals surface area contributed by atoms with Gasteiger partial charge in [0.25, 0.3) is 0 Å². The van der Waals surface area contributed by atoms with Gasteiger partial charge in [-0.15, -0.1) is 0 Å². The molecule has 0 saturated heterocycles. The zero-order valence-corrected chi connectivity index (χ0v) is 18.6. The van der Waals surface area contributed by atoms with Crippen molar-refractivity contribution in [2.24, 2.45) is 5.73 Å². The van der Waals surface area contributed by atoms with Crippen LogP contribution in [-0.4, -0.2) is 98.4 Å². The lowest BCUT2D eigenvalue weighted by Crippen LogP contribution is -2.55. The molecule has 0 atom stereocenters. The van der Waals surface area contributed by atoms with Crippen molar-refractivity contribution in [1.29, 1.82) is 0 Å². The lowest BCUT2D eigenvalue weighted by atomic mass is 9.97. The predicted molar refractivity (Wildman–Crippen MR) is 114 cm³/mol. The van der Waals surface area contributed by atoms with E-state index in [1.807, 2.05) is 0 Å². The van der Waals surface area contributed by atoms with Crippen LogP contribution in [0.1, 0.15) is 34.6 Å². The molecule has 4 N–H and O–H groups in total. The van der Waals surface area contributed by atoms with Crippen LogP contribution in [0, 0.1) is 0 Å². The maximum absolute atomic E-state index is 12.6. The molecule has 29 heavy (non-hydrogen) atoms. The number of nitrogens with zero attached hydrogens (tertiary/aromatic N) is 2. The smallest absolute Gasteiger partial charge is 0.236 e. The first kappa shape index (κ1) is 27.2. The van der Waals surface area contributed by atoms with Gasteiger partial charge in [-0.25, -0.2) is 0 Å². The summed E-state index contributed by atoms with van der Waals surface area (Å²) in [5, 5.41) is 6.02. The molecule has 0 saturated carbocycles. The minimum atomic E-state index is -0.923. The molecule has 0 aliphatic rings.